The highest BCUT2D eigenvalue weighted by Crippen LogP contribution is 2.35. The van der Waals surface area contributed by atoms with Crippen molar-refractivity contribution in [2.45, 2.75) is 12.1 Å². The van der Waals surface area contributed by atoms with Crippen LogP contribution in [0, 0.1) is 0 Å². The van der Waals surface area contributed by atoms with Crippen molar-refractivity contribution in [3.05, 3.63) is 52.0 Å². The number of aliphatic imine (C=N–C) groups is 2. The molecule has 0 amide bonds. The second-order valence-electron chi connectivity index (χ2n) is 4.08. The van der Waals surface area contributed by atoms with Crippen molar-refractivity contribution < 1.29 is 9.59 Å². The summed E-state index contributed by atoms with van der Waals surface area (Å²) < 4.78 is 0. The van der Waals surface area contributed by atoms with Crippen LogP contribution >= 0.6 is 23.2 Å². The predicted octanol–water partition coefficient (Wildman–Crippen LogP) is 3.70. The maximum atomic E-state index is 10.4. The number of nitrogens with zero attached hydrogens (tertiary/aromatic N) is 2. The third-order valence-corrected chi connectivity index (χ3v) is 3.71. The molecule has 20 heavy (non-hydrogen) atoms. The van der Waals surface area contributed by atoms with Gasteiger partial charge in [0.05, 0.1) is 10.0 Å². The van der Waals surface area contributed by atoms with Crippen LogP contribution in [0.3, 0.4) is 0 Å². The minimum atomic E-state index is -1.25. The van der Waals surface area contributed by atoms with Gasteiger partial charge in [0.1, 0.15) is 0 Å². The van der Waals surface area contributed by atoms with Crippen molar-refractivity contribution in [1.29, 1.82) is 0 Å². The summed E-state index contributed by atoms with van der Waals surface area (Å²) in [4.78, 5) is 28.0. The molecule has 0 N–H and O–H groups in total. The van der Waals surface area contributed by atoms with Crippen LogP contribution in [0.2, 0.25) is 10.0 Å². The quantitative estimate of drug-likeness (QED) is 0.631. The van der Waals surface area contributed by atoms with E-state index in [1.165, 1.54) is 18.2 Å². The van der Waals surface area contributed by atoms with Gasteiger partial charge in [-0.05, 0) is 17.7 Å². The van der Waals surface area contributed by atoms with Gasteiger partial charge in [0, 0.05) is 12.0 Å². The molecule has 1 aliphatic rings. The molecule has 100 valence electrons. The average Bonchev–Trinajstić information content (AvgIpc) is 2.44. The second kappa shape index (κ2) is 6.00. The van der Waals surface area contributed by atoms with Crippen LogP contribution in [-0.2, 0) is 9.59 Å². The Hall–Kier alpha value is -1.96. The number of rotatable bonds is 3. The normalized spacial score (nSPS) is 20.6. The molecule has 0 saturated carbocycles. The van der Waals surface area contributed by atoms with E-state index >= 15 is 0 Å². The van der Waals surface area contributed by atoms with Gasteiger partial charge in [0.2, 0.25) is 12.2 Å². The zero-order chi connectivity index (χ0) is 14.6. The molecule has 0 unspecified atom stereocenters. The summed E-state index contributed by atoms with van der Waals surface area (Å²) in [7, 11) is 0. The van der Waals surface area contributed by atoms with E-state index in [0.29, 0.717) is 10.0 Å². The first-order chi connectivity index (χ1) is 9.62. The summed E-state index contributed by atoms with van der Waals surface area (Å²) >= 11 is 12.1. The van der Waals surface area contributed by atoms with Crippen LogP contribution in [-0.4, -0.2) is 17.8 Å². The van der Waals surface area contributed by atoms with Crippen molar-refractivity contribution in [3.8, 4) is 0 Å². The van der Waals surface area contributed by atoms with E-state index in [0.717, 1.165) is 11.1 Å². The maximum Gasteiger partial charge on any atom is 0.237 e. The molecule has 1 aromatic rings. The van der Waals surface area contributed by atoms with Crippen molar-refractivity contribution in [1.82, 2.24) is 0 Å². The Bertz CT molecular complexity index is 679. The maximum absolute atomic E-state index is 10.4. The van der Waals surface area contributed by atoms with Crippen molar-refractivity contribution in [2.75, 3.05) is 0 Å². The van der Waals surface area contributed by atoms with E-state index in [4.69, 9.17) is 23.2 Å². The van der Waals surface area contributed by atoms with Crippen molar-refractivity contribution >= 4 is 40.9 Å². The Kier molecular flexibility index (Phi) is 4.33. The van der Waals surface area contributed by atoms with E-state index in [1.54, 1.807) is 24.3 Å². The molecule has 0 spiro atoms. The predicted molar refractivity (Wildman–Crippen MR) is 77.2 cm³/mol. The SMILES string of the molecule is O=C=NC1(N=C=O)C=CC(c2cccc(Cl)c2Cl)=CC1. The van der Waals surface area contributed by atoms with Gasteiger partial charge in [-0.15, -0.1) is 0 Å². The number of benzene rings is 1. The summed E-state index contributed by atoms with van der Waals surface area (Å²) in [5, 5.41) is 0.891. The van der Waals surface area contributed by atoms with Crippen LogP contribution in [0.5, 0.6) is 0 Å². The highest BCUT2D eigenvalue weighted by Gasteiger charge is 2.28. The van der Waals surface area contributed by atoms with Crippen LogP contribution < -0.4 is 0 Å². The lowest BCUT2D eigenvalue weighted by Gasteiger charge is -2.21. The Morgan fingerprint density at radius 3 is 2.40 bits per heavy atom. The fraction of sp³-hybridized carbons (Fsp3) is 0.143. The molecule has 1 aromatic carbocycles. The lowest BCUT2D eigenvalue weighted by Crippen LogP contribution is -2.21. The third-order valence-electron chi connectivity index (χ3n) is 2.89. The summed E-state index contributed by atoms with van der Waals surface area (Å²) in [6.45, 7) is 0. The zero-order valence-electron chi connectivity index (χ0n) is 10.1. The van der Waals surface area contributed by atoms with Gasteiger partial charge < -0.3 is 0 Å². The van der Waals surface area contributed by atoms with Crippen LogP contribution in [0.15, 0.2) is 46.4 Å². The highest BCUT2D eigenvalue weighted by atomic mass is 35.5. The molecule has 0 saturated heterocycles. The monoisotopic (exact) mass is 306 g/mol. The number of hydrogen-bond donors (Lipinski definition) is 0. The van der Waals surface area contributed by atoms with E-state index in [1.807, 2.05) is 6.07 Å². The van der Waals surface area contributed by atoms with Gasteiger partial charge >= 0.3 is 0 Å². The zero-order valence-corrected chi connectivity index (χ0v) is 11.6. The van der Waals surface area contributed by atoms with E-state index in [9.17, 15) is 9.59 Å². The fourth-order valence-corrected chi connectivity index (χ4v) is 2.30. The molecule has 2 rings (SSSR count). The molecule has 1 aliphatic carbocycles. The molecule has 0 fully saturated rings. The van der Waals surface area contributed by atoms with Crippen LogP contribution in [0.25, 0.3) is 5.57 Å². The minimum absolute atomic E-state index is 0.242. The van der Waals surface area contributed by atoms with Gasteiger partial charge in [-0.2, -0.15) is 9.98 Å². The van der Waals surface area contributed by atoms with Crippen molar-refractivity contribution in [3.63, 3.8) is 0 Å². The van der Waals surface area contributed by atoms with Crippen molar-refractivity contribution in [2.24, 2.45) is 9.98 Å². The Morgan fingerprint density at radius 1 is 1.15 bits per heavy atom. The molecule has 0 atom stereocenters. The van der Waals surface area contributed by atoms with Gasteiger partial charge in [-0.25, -0.2) is 9.59 Å². The lowest BCUT2D eigenvalue weighted by atomic mass is 9.93. The molecule has 0 heterocycles. The van der Waals surface area contributed by atoms with Gasteiger partial charge in [0.15, 0.2) is 5.66 Å². The van der Waals surface area contributed by atoms with Gasteiger partial charge in [-0.1, -0.05) is 47.5 Å². The number of halogens is 2. The van der Waals surface area contributed by atoms with E-state index in [2.05, 4.69) is 9.98 Å². The van der Waals surface area contributed by atoms with Gasteiger partial charge in [0.25, 0.3) is 0 Å². The summed E-state index contributed by atoms with van der Waals surface area (Å²) in [5.74, 6) is 0. The largest absolute Gasteiger partial charge is 0.237 e. The minimum Gasteiger partial charge on any atom is -0.211 e. The molecule has 0 radical (unpaired) electrons. The molecular weight excluding hydrogens is 299 g/mol. The average molecular weight is 307 g/mol. The molecule has 0 aliphatic heterocycles. The topological polar surface area (TPSA) is 58.9 Å². The van der Waals surface area contributed by atoms with Gasteiger partial charge in [-0.3, -0.25) is 0 Å². The highest BCUT2D eigenvalue weighted by molar-refractivity contribution is 6.43. The summed E-state index contributed by atoms with van der Waals surface area (Å²) in [5.41, 5.74) is 0.322. The lowest BCUT2D eigenvalue weighted by molar-refractivity contribution is 0.514. The first kappa shape index (κ1) is 14.4. The molecule has 4 nitrogen and oxygen atoms in total. The number of hydrogen-bond acceptors (Lipinski definition) is 4. The number of allylic oxidation sites excluding steroid dienone is 2. The third kappa shape index (κ3) is 2.79. The van der Waals surface area contributed by atoms with Crippen LogP contribution in [0.1, 0.15) is 12.0 Å². The Labute approximate surface area is 125 Å². The first-order valence-corrected chi connectivity index (χ1v) is 6.39. The smallest absolute Gasteiger partial charge is 0.211 e. The van der Waals surface area contributed by atoms with E-state index < -0.39 is 5.66 Å². The van der Waals surface area contributed by atoms with E-state index in [-0.39, 0.29) is 6.42 Å². The van der Waals surface area contributed by atoms with Crippen LogP contribution in [0.4, 0.5) is 0 Å². The Balaban J connectivity index is 2.39. The molecule has 0 aromatic heterocycles. The number of carbonyl (C=O) groups excluding carboxylic acids is 2. The fourth-order valence-electron chi connectivity index (χ4n) is 1.89. The molecular formula is C14H8Cl2N2O2. The molecule has 6 heteroatoms. The summed E-state index contributed by atoms with van der Waals surface area (Å²) in [6, 6.07) is 5.30. The Morgan fingerprint density at radius 2 is 1.85 bits per heavy atom. The standard InChI is InChI=1S/C14H8Cl2N2O2/c15-12-3-1-2-11(13(12)16)10-4-6-14(7-5-10,17-8-19)18-9-20/h1-6H,7H2. The summed E-state index contributed by atoms with van der Waals surface area (Å²) in [6.07, 6.45) is 8.07. The second-order valence-corrected chi connectivity index (χ2v) is 4.87. The number of isocyanates is 2. The molecule has 0 bridgehead atoms. The first-order valence-electron chi connectivity index (χ1n) is 5.64.